The largest absolute Gasteiger partial charge is 0.465 e. The van der Waals surface area contributed by atoms with Crippen LogP contribution < -0.4 is 10.9 Å². The number of nitrogens with one attached hydrogen (secondary N) is 1. The summed E-state index contributed by atoms with van der Waals surface area (Å²) >= 11 is 2.84. The number of thiophene rings is 1. The van der Waals surface area contributed by atoms with Gasteiger partial charge in [0, 0.05) is 18.0 Å². The van der Waals surface area contributed by atoms with Crippen LogP contribution in [-0.4, -0.2) is 34.3 Å². The minimum atomic E-state index is -0.400. The SMILES string of the molecule is C=CCn1c(SCC(=O)NCc2ccc(C(=O)OC)cc2)nc2sc3c(c2c1=O)CCC3. The van der Waals surface area contributed by atoms with Gasteiger partial charge in [-0.1, -0.05) is 30.0 Å². The number of allylic oxidation sites excluding steroid dienone is 1. The third-order valence-electron chi connectivity index (χ3n) is 5.30. The summed E-state index contributed by atoms with van der Waals surface area (Å²) in [7, 11) is 1.33. The Morgan fingerprint density at radius 3 is 2.81 bits per heavy atom. The van der Waals surface area contributed by atoms with Crippen LogP contribution in [0.15, 0.2) is 46.9 Å². The van der Waals surface area contributed by atoms with Gasteiger partial charge in [0.05, 0.1) is 23.8 Å². The van der Waals surface area contributed by atoms with Crippen molar-refractivity contribution < 1.29 is 14.3 Å². The monoisotopic (exact) mass is 469 g/mol. The van der Waals surface area contributed by atoms with E-state index in [0.717, 1.165) is 40.6 Å². The number of hydrogen-bond donors (Lipinski definition) is 1. The molecule has 2 heterocycles. The van der Waals surface area contributed by atoms with Gasteiger partial charge in [-0.2, -0.15) is 0 Å². The second-order valence-corrected chi connectivity index (χ2v) is 9.42. The number of rotatable bonds is 8. The second kappa shape index (κ2) is 9.70. The van der Waals surface area contributed by atoms with Crippen molar-refractivity contribution in [3.63, 3.8) is 0 Å². The molecule has 1 aromatic carbocycles. The molecule has 166 valence electrons. The van der Waals surface area contributed by atoms with Gasteiger partial charge in [0.1, 0.15) is 4.83 Å². The maximum Gasteiger partial charge on any atom is 0.337 e. The molecule has 1 aliphatic carbocycles. The van der Waals surface area contributed by atoms with Gasteiger partial charge in [0.2, 0.25) is 5.91 Å². The lowest BCUT2D eigenvalue weighted by Crippen LogP contribution is -2.26. The van der Waals surface area contributed by atoms with Crippen LogP contribution in [0, 0.1) is 0 Å². The van der Waals surface area contributed by atoms with Crippen LogP contribution in [0.1, 0.15) is 32.8 Å². The van der Waals surface area contributed by atoms with Gasteiger partial charge in [0.25, 0.3) is 5.56 Å². The van der Waals surface area contributed by atoms with Crippen molar-refractivity contribution in [3.05, 3.63) is 68.8 Å². The van der Waals surface area contributed by atoms with E-state index in [0.29, 0.717) is 23.8 Å². The minimum absolute atomic E-state index is 0.0529. The molecule has 1 N–H and O–H groups in total. The third-order valence-corrected chi connectivity index (χ3v) is 7.46. The average Bonchev–Trinajstić information content (AvgIpc) is 3.39. The number of ether oxygens (including phenoxy) is 1. The molecule has 0 bridgehead atoms. The van der Waals surface area contributed by atoms with Crippen LogP contribution in [0.5, 0.6) is 0 Å². The van der Waals surface area contributed by atoms with E-state index in [-0.39, 0.29) is 17.2 Å². The van der Waals surface area contributed by atoms with Gasteiger partial charge in [-0.25, -0.2) is 9.78 Å². The molecule has 0 saturated heterocycles. The van der Waals surface area contributed by atoms with Gasteiger partial charge < -0.3 is 10.1 Å². The zero-order valence-corrected chi connectivity index (χ0v) is 19.3. The summed E-state index contributed by atoms with van der Waals surface area (Å²) in [5.74, 6) is -0.427. The predicted octanol–water partition coefficient (Wildman–Crippen LogP) is 3.33. The van der Waals surface area contributed by atoms with Crippen molar-refractivity contribution in [1.82, 2.24) is 14.9 Å². The van der Waals surface area contributed by atoms with Gasteiger partial charge in [0.15, 0.2) is 5.16 Å². The van der Waals surface area contributed by atoms with E-state index >= 15 is 0 Å². The molecule has 1 aliphatic rings. The topological polar surface area (TPSA) is 90.3 Å². The molecule has 0 radical (unpaired) electrons. The molecule has 2 aromatic heterocycles. The predicted molar refractivity (Wildman–Crippen MR) is 126 cm³/mol. The number of hydrogen-bond acceptors (Lipinski definition) is 7. The summed E-state index contributed by atoms with van der Waals surface area (Å²) < 4.78 is 6.28. The number of benzene rings is 1. The standard InChI is InChI=1S/C23H23N3O4S2/c1-3-11-26-21(28)19-16-5-4-6-17(16)32-20(19)25-23(26)31-13-18(27)24-12-14-7-9-15(10-8-14)22(29)30-2/h3,7-10H,1,4-6,11-13H2,2H3,(H,24,27). The average molecular weight is 470 g/mol. The smallest absolute Gasteiger partial charge is 0.337 e. The van der Waals surface area contributed by atoms with Crippen molar-refractivity contribution in [2.24, 2.45) is 0 Å². The van der Waals surface area contributed by atoms with Gasteiger partial charge in [-0.05, 0) is 42.5 Å². The van der Waals surface area contributed by atoms with Crippen LogP contribution in [0.3, 0.4) is 0 Å². The highest BCUT2D eigenvalue weighted by molar-refractivity contribution is 7.99. The Balaban J connectivity index is 1.43. The number of thioether (sulfide) groups is 1. The summed E-state index contributed by atoms with van der Waals surface area (Å²) in [6.45, 7) is 4.44. The first-order chi connectivity index (χ1) is 15.5. The Morgan fingerprint density at radius 2 is 2.09 bits per heavy atom. The molecule has 0 unspecified atom stereocenters. The summed E-state index contributed by atoms with van der Waals surface area (Å²) in [4.78, 5) is 43.8. The van der Waals surface area contributed by atoms with Crippen molar-refractivity contribution in [1.29, 1.82) is 0 Å². The summed E-state index contributed by atoms with van der Waals surface area (Å²) in [6.07, 6.45) is 4.68. The Labute approximate surface area is 193 Å². The fourth-order valence-electron chi connectivity index (χ4n) is 3.72. The Kier molecular flexibility index (Phi) is 6.76. The lowest BCUT2D eigenvalue weighted by molar-refractivity contribution is -0.118. The Bertz CT molecular complexity index is 1240. The maximum atomic E-state index is 13.1. The number of esters is 1. The zero-order valence-electron chi connectivity index (χ0n) is 17.7. The molecule has 0 saturated carbocycles. The normalized spacial score (nSPS) is 12.5. The van der Waals surface area contributed by atoms with E-state index < -0.39 is 5.97 Å². The van der Waals surface area contributed by atoms with E-state index in [2.05, 4.69) is 16.6 Å². The molecule has 0 spiro atoms. The van der Waals surface area contributed by atoms with E-state index in [1.54, 1.807) is 46.2 Å². The zero-order chi connectivity index (χ0) is 22.7. The molecule has 9 heteroatoms. The fraction of sp³-hybridized carbons (Fsp3) is 0.304. The number of amides is 1. The lowest BCUT2D eigenvalue weighted by Gasteiger charge is -2.11. The van der Waals surface area contributed by atoms with Crippen LogP contribution in [0.2, 0.25) is 0 Å². The molecule has 0 aliphatic heterocycles. The molecular weight excluding hydrogens is 446 g/mol. The number of carbonyl (C=O) groups excluding carboxylic acids is 2. The van der Waals surface area contributed by atoms with E-state index in [4.69, 9.17) is 4.98 Å². The van der Waals surface area contributed by atoms with Crippen LogP contribution in [0.4, 0.5) is 0 Å². The van der Waals surface area contributed by atoms with Crippen molar-refractivity contribution in [3.8, 4) is 0 Å². The molecule has 0 fully saturated rings. The minimum Gasteiger partial charge on any atom is -0.465 e. The van der Waals surface area contributed by atoms with Gasteiger partial charge >= 0.3 is 5.97 Å². The number of nitrogens with zero attached hydrogens (tertiary/aromatic N) is 2. The molecule has 32 heavy (non-hydrogen) atoms. The molecule has 4 rings (SSSR count). The first-order valence-electron chi connectivity index (χ1n) is 10.2. The van der Waals surface area contributed by atoms with Crippen LogP contribution in [-0.2, 0) is 35.5 Å². The van der Waals surface area contributed by atoms with E-state index in [9.17, 15) is 14.4 Å². The number of fused-ring (bicyclic) bond motifs is 3. The van der Waals surface area contributed by atoms with Crippen LogP contribution >= 0.6 is 23.1 Å². The van der Waals surface area contributed by atoms with Crippen molar-refractivity contribution in [2.75, 3.05) is 12.9 Å². The maximum absolute atomic E-state index is 13.1. The summed E-state index contributed by atoms with van der Waals surface area (Å²) in [5.41, 5.74) is 2.42. The number of methoxy groups -OCH3 is 1. The Morgan fingerprint density at radius 1 is 1.31 bits per heavy atom. The second-order valence-electron chi connectivity index (χ2n) is 7.39. The highest BCUT2D eigenvalue weighted by Crippen LogP contribution is 2.35. The molecular formula is C23H23N3O4S2. The number of carbonyl (C=O) groups is 2. The molecule has 1 amide bonds. The quantitative estimate of drug-likeness (QED) is 0.236. The van der Waals surface area contributed by atoms with E-state index in [1.165, 1.54) is 23.7 Å². The van der Waals surface area contributed by atoms with Gasteiger partial charge in [-0.3, -0.25) is 14.2 Å². The fourth-order valence-corrected chi connectivity index (χ4v) is 5.86. The molecule has 0 atom stereocenters. The highest BCUT2D eigenvalue weighted by Gasteiger charge is 2.23. The lowest BCUT2D eigenvalue weighted by atomic mass is 10.1. The number of aromatic nitrogens is 2. The molecule has 3 aromatic rings. The van der Waals surface area contributed by atoms with Gasteiger partial charge in [-0.15, -0.1) is 17.9 Å². The first-order valence-corrected chi connectivity index (χ1v) is 12.0. The Hall–Kier alpha value is -2.91. The summed E-state index contributed by atoms with van der Waals surface area (Å²) in [6, 6.07) is 6.86. The summed E-state index contributed by atoms with van der Waals surface area (Å²) in [5, 5.41) is 4.12. The third kappa shape index (κ3) is 4.49. The van der Waals surface area contributed by atoms with Crippen molar-refractivity contribution in [2.45, 2.75) is 37.5 Å². The van der Waals surface area contributed by atoms with Crippen LogP contribution in [0.25, 0.3) is 10.2 Å². The van der Waals surface area contributed by atoms with E-state index in [1.807, 2.05) is 0 Å². The van der Waals surface area contributed by atoms with Crippen molar-refractivity contribution >= 4 is 45.2 Å². The first kappa shape index (κ1) is 22.3. The molecule has 7 nitrogen and oxygen atoms in total. The highest BCUT2D eigenvalue weighted by atomic mass is 32.2. The number of aryl methyl sites for hydroxylation is 2.